The van der Waals surface area contributed by atoms with Gasteiger partial charge in [-0.05, 0) is 44.9 Å². The van der Waals surface area contributed by atoms with Gasteiger partial charge in [0.1, 0.15) is 13.2 Å². The van der Waals surface area contributed by atoms with Crippen LogP contribution in [0.3, 0.4) is 0 Å². The zero-order valence-electron chi connectivity index (χ0n) is 45.5. The zero-order chi connectivity index (χ0) is 48.6. The molecule has 0 aromatic heterocycles. The second kappa shape index (κ2) is 56.7. The molecule has 396 valence electrons. The Balaban J connectivity index is 4.05. The summed E-state index contributed by atoms with van der Waals surface area (Å²) in [6.07, 6.45) is 65.4. The Morgan fingerprint density at radius 3 is 0.746 bits per heavy atom. The van der Waals surface area contributed by atoms with Crippen molar-refractivity contribution >= 4 is 17.9 Å². The number of allylic oxidation sites excluding steroid dienone is 2. The first-order chi connectivity index (χ1) is 33.0. The largest absolute Gasteiger partial charge is 0.462 e. The molecule has 0 spiro atoms. The van der Waals surface area contributed by atoms with Crippen molar-refractivity contribution in [1.29, 1.82) is 0 Å². The first-order valence-corrected chi connectivity index (χ1v) is 30.2. The van der Waals surface area contributed by atoms with Crippen molar-refractivity contribution in [2.45, 2.75) is 348 Å². The van der Waals surface area contributed by atoms with E-state index in [1.54, 1.807) is 0 Å². The summed E-state index contributed by atoms with van der Waals surface area (Å²) in [5, 5.41) is 0. The van der Waals surface area contributed by atoms with Crippen molar-refractivity contribution in [2.24, 2.45) is 0 Å². The Morgan fingerprint density at radius 2 is 0.493 bits per heavy atom. The van der Waals surface area contributed by atoms with E-state index in [2.05, 4.69) is 32.9 Å². The molecule has 0 aromatic rings. The van der Waals surface area contributed by atoms with Gasteiger partial charge in [-0.3, -0.25) is 14.4 Å². The summed E-state index contributed by atoms with van der Waals surface area (Å²) in [6.45, 7) is 6.63. The third kappa shape index (κ3) is 55.0. The van der Waals surface area contributed by atoms with Gasteiger partial charge in [-0.2, -0.15) is 0 Å². The predicted octanol–water partition coefficient (Wildman–Crippen LogP) is 20.1. The smallest absolute Gasteiger partial charge is 0.306 e. The number of carbonyl (C=O) groups is 3. The number of carbonyl (C=O) groups excluding carboxylic acids is 3. The molecule has 0 fully saturated rings. The molecule has 6 heteroatoms. The van der Waals surface area contributed by atoms with Crippen molar-refractivity contribution in [3.63, 3.8) is 0 Å². The molecule has 0 aliphatic heterocycles. The molecule has 0 aliphatic rings. The highest BCUT2D eigenvalue weighted by molar-refractivity contribution is 5.71. The Kier molecular flexibility index (Phi) is 55.2. The van der Waals surface area contributed by atoms with Crippen molar-refractivity contribution in [3.05, 3.63) is 12.2 Å². The highest BCUT2D eigenvalue weighted by Gasteiger charge is 2.19. The molecular weight excluding hydrogens is 829 g/mol. The maximum atomic E-state index is 12.8. The van der Waals surface area contributed by atoms with Crippen molar-refractivity contribution in [2.75, 3.05) is 13.2 Å². The summed E-state index contributed by atoms with van der Waals surface area (Å²) in [4.78, 5) is 37.9. The van der Waals surface area contributed by atoms with Gasteiger partial charge in [0.25, 0.3) is 0 Å². The van der Waals surface area contributed by atoms with Crippen LogP contribution in [-0.4, -0.2) is 37.2 Å². The average Bonchev–Trinajstić information content (AvgIpc) is 3.33. The van der Waals surface area contributed by atoms with E-state index in [1.807, 2.05) is 0 Å². The topological polar surface area (TPSA) is 78.9 Å². The summed E-state index contributed by atoms with van der Waals surface area (Å²) in [6, 6.07) is 0. The van der Waals surface area contributed by atoms with Gasteiger partial charge < -0.3 is 14.2 Å². The highest BCUT2D eigenvalue weighted by Crippen LogP contribution is 2.18. The lowest BCUT2D eigenvalue weighted by molar-refractivity contribution is -0.167. The molecule has 0 amide bonds. The van der Waals surface area contributed by atoms with E-state index in [0.29, 0.717) is 19.3 Å². The first-order valence-electron chi connectivity index (χ1n) is 30.2. The van der Waals surface area contributed by atoms with Crippen LogP contribution in [0.15, 0.2) is 12.2 Å². The molecule has 0 saturated carbocycles. The second-order valence-corrected chi connectivity index (χ2v) is 20.6. The van der Waals surface area contributed by atoms with Crippen LogP contribution in [0.1, 0.15) is 342 Å². The minimum Gasteiger partial charge on any atom is -0.462 e. The maximum Gasteiger partial charge on any atom is 0.306 e. The number of rotatable bonds is 56. The van der Waals surface area contributed by atoms with Crippen LogP contribution < -0.4 is 0 Å². The quantitative estimate of drug-likeness (QED) is 0.0262. The summed E-state index contributed by atoms with van der Waals surface area (Å²) < 4.78 is 16.8. The van der Waals surface area contributed by atoms with Crippen LogP contribution in [0.5, 0.6) is 0 Å². The number of hydrogen-bond donors (Lipinski definition) is 0. The van der Waals surface area contributed by atoms with Crippen molar-refractivity contribution < 1.29 is 28.6 Å². The SMILES string of the molecule is CCCCCCCC/C=C\CCCCCCCCCCCC(=O)OC(COC(=O)CCCCCCCC)COC(=O)CCCCCCCCCCCCCCCCCCCCCCCCCC. The predicted molar refractivity (Wildman–Crippen MR) is 289 cm³/mol. The van der Waals surface area contributed by atoms with Crippen molar-refractivity contribution in [3.8, 4) is 0 Å². The monoisotopic (exact) mass is 945 g/mol. The summed E-state index contributed by atoms with van der Waals surface area (Å²) >= 11 is 0. The van der Waals surface area contributed by atoms with Crippen LogP contribution in [0.4, 0.5) is 0 Å². The molecule has 0 rings (SSSR count). The standard InChI is InChI=1S/C61H116O6/c1-4-7-10-13-16-18-20-22-24-26-28-29-30-31-32-34-35-37-39-41-43-45-48-51-54-60(63)66-57-58(56-65-59(62)53-50-47-15-12-9-6-3)67-61(64)55-52-49-46-44-42-40-38-36-33-27-25-23-21-19-17-14-11-8-5-2/h23,25,58H,4-22,24,26-57H2,1-3H3/b25-23-. The molecule has 0 radical (unpaired) electrons. The Bertz CT molecular complexity index is 1040. The number of hydrogen-bond acceptors (Lipinski definition) is 6. The molecule has 0 bridgehead atoms. The van der Waals surface area contributed by atoms with Gasteiger partial charge >= 0.3 is 17.9 Å². The first kappa shape index (κ1) is 65.1. The van der Waals surface area contributed by atoms with Gasteiger partial charge in [0.05, 0.1) is 0 Å². The Morgan fingerprint density at radius 1 is 0.284 bits per heavy atom. The van der Waals surface area contributed by atoms with E-state index < -0.39 is 6.10 Å². The van der Waals surface area contributed by atoms with E-state index in [0.717, 1.165) is 57.8 Å². The fourth-order valence-corrected chi connectivity index (χ4v) is 9.21. The van der Waals surface area contributed by atoms with E-state index >= 15 is 0 Å². The van der Waals surface area contributed by atoms with Crippen molar-refractivity contribution in [1.82, 2.24) is 0 Å². The molecule has 0 heterocycles. The van der Waals surface area contributed by atoms with Gasteiger partial charge in [0.15, 0.2) is 6.10 Å². The summed E-state index contributed by atoms with van der Waals surface area (Å²) in [5.41, 5.74) is 0. The molecule has 0 saturated heterocycles. The van der Waals surface area contributed by atoms with Crippen LogP contribution in [0, 0.1) is 0 Å². The van der Waals surface area contributed by atoms with Gasteiger partial charge in [-0.1, -0.05) is 290 Å². The molecule has 67 heavy (non-hydrogen) atoms. The fourth-order valence-electron chi connectivity index (χ4n) is 9.21. The number of unbranched alkanes of at least 4 members (excludes halogenated alkanes) is 43. The second-order valence-electron chi connectivity index (χ2n) is 20.6. The van der Waals surface area contributed by atoms with Crippen LogP contribution in [0.2, 0.25) is 0 Å². The van der Waals surface area contributed by atoms with Gasteiger partial charge in [-0.15, -0.1) is 0 Å². The van der Waals surface area contributed by atoms with E-state index in [1.165, 1.54) is 244 Å². The number of esters is 3. The van der Waals surface area contributed by atoms with Gasteiger partial charge in [-0.25, -0.2) is 0 Å². The fraction of sp³-hybridized carbons (Fsp3) is 0.918. The lowest BCUT2D eigenvalue weighted by atomic mass is 10.0. The third-order valence-corrected chi connectivity index (χ3v) is 13.8. The Hall–Kier alpha value is -1.85. The number of ether oxygens (including phenoxy) is 3. The average molecular weight is 946 g/mol. The van der Waals surface area contributed by atoms with Gasteiger partial charge in [0.2, 0.25) is 0 Å². The zero-order valence-corrected chi connectivity index (χ0v) is 45.5. The van der Waals surface area contributed by atoms with Crippen LogP contribution in [-0.2, 0) is 28.6 Å². The molecule has 0 aromatic carbocycles. The summed E-state index contributed by atoms with van der Waals surface area (Å²) in [7, 11) is 0. The van der Waals surface area contributed by atoms with E-state index in [-0.39, 0.29) is 31.1 Å². The van der Waals surface area contributed by atoms with E-state index in [9.17, 15) is 14.4 Å². The van der Waals surface area contributed by atoms with Crippen LogP contribution >= 0.6 is 0 Å². The molecule has 0 N–H and O–H groups in total. The maximum absolute atomic E-state index is 12.8. The molecular formula is C61H116O6. The van der Waals surface area contributed by atoms with Gasteiger partial charge in [0, 0.05) is 19.3 Å². The molecule has 1 atom stereocenters. The highest BCUT2D eigenvalue weighted by atomic mass is 16.6. The molecule has 1 unspecified atom stereocenters. The summed E-state index contributed by atoms with van der Waals surface area (Å²) in [5.74, 6) is -0.855. The minimum atomic E-state index is -0.764. The Labute approximate surface area is 418 Å². The lowest BCUT2D eigenvalue weighted by Crippen LogP contribution is -2.30. The molecule has 6 nitrogen and oxygen atoms in total. The normalized spacial score (nSPS) is 12.0. The third-order valence-electron chi connectivity index (χ3n) is 13.8. The minimum absolute atomic E-state index is 0.0657. The molecule has 0 aliphatic carbocycles. The van der Waals surface area contributed by atoms with Crippen LogP contribution in [0.25, 0.3) is 0 Å². The van der Waals surface area contributed by atoms with E-state index in [4.69, 9.17) is 14.2 Å². The lowest BCUT2D eigenvalue weighted by Gasteiger charge is -2.18.